The zero-order chi connectivity index (χ0) is 26.4. The summed E-state index contributed by atoms with van der Waals surface area (Å²) < 4.78 is 41.3. The van der Waals surface area contributed by atoms with Crippen molar-refractivity contribution in [3.05, 3.63) is 77.0 Å². The molecule has 0 unspecified atom stereocenters. The van der Waals surface area contributed by atoms with E-state index in [2.05, 4.69) is 31.4 Å². The highest BCUT2D eigenvalue weighted by molar-refractivity contribution is 14.2. The molecule has 9 nitrogen and oxygen atoms in total. The standard InChI is InChI=1S/C24H22ClIN4O5S2/c1-34-20-5-2-4-18(16-31)22(20)30-23(21-6-3-13-35-21)27-28-24(30)29(12-14-36-26)37(32,33)15-11-17-7-9-19(25)10-8-17/h2-10,13,16H,11-12,14-15H2,1H3. The van der Waals surface area contributed by atoms with Crippen molar-refractivity contribution >= 4 is 64.0 Å². The number of rotatable bonds is 12. The number of aryl methyl sites for hydroxylation is 1. The van der Waals surface area contributed by atoms with Crippen LogP contribution in [0.2, 0.25) is 5.02 Å². The highest BCUT2D eigenvalue weighted by Crippen LogP contribution is 2.35. The summed E-state index contributed by atoms with van der Waals surface area (Å²) in [5.41, 5.74) is 1.42. The lowest BCUT2D eigenvalue weighted by atomic mass is 10.1. The molecule has 2 aromatic carbocycles. The lowest BCUT2D eigenvalue weighted by molar-refractivity contribution is 0.112. The first kappa shape index (κ1) is 27.5. The summed E-state index contributed by atoms with van der Waals surface area (Å²) in [4.78, 5) is 12.0. The number of aldehydes is 1. The van der Waals surface area contributed by atoms with Crippen molar-refractivity contribution < 1.29 is 22.4 Å². The lowest BCUT2D eigenvalue weighted by Gasteiger charge is -2.24. The van der Waals surface area contributed by atoms with Crippen LogP contribution in [0.4, 0.5) is 5.95 Å². The maximum atomic E-state index is 13.7. The van der Waals surface area contributed by atoms with Crippen LogP contribution in [0.25, 0.3) is 17.3 Å². The zero-order valence-electron chi connectivity index (χ0n) is 19.6. The fourth-order valence-electron chi connectivity index (χ4n) is 3.74. The molecule has 0 saturated carbocycles. The van der Waals surface area contributed by atoms with Gasteiger partial charge in [-0.2, -0.15) is 0 Å². The van der Waals surface area contributed by atoms with E-state index < -0.39 is 10.0 Å². The van der Waals surface area contributed by atoms with Gasteiger partial charge in [-0.15, -0.1) is 10.2 Å². The van der Waals surface area contributed by atoms with Gasteiger partial charge in [0.25, 0.3) is 0 Å². The molecule has 0 aliphatic carbocycles. The van der Waals surface area contributed by atoms with E-state index in [0.29, 0.717) is 34.3 Å². The fraction of sp³-hybridized carbons (Fsp3) is 0.208. The summed E-state index contributed by atoms with van der Waals surface area (Å²) in [6.07, 6.45) is 2.43. The zero-order valence-corrected chi connectivity index (χ0v) is 24.1. The largest absolute Gasteiger partial charge is 0.495 e. The minimum atomic E-state index is -3.88. The smallest absolute Gasteiger partial charge is 0.246 e. The van der Waals surface area contributed by atoms with E-state index in [-0.39, 0.29) is 36.1 Å². The highest BCUT2D eigenvalue weighted by atomic mass is 127. The Morgan fingerprint density at radius 1 is 1.16 bits per heavy atom. The number of methoxy groups -OCH3 is 1. The topological polar surface area (TPSA) is 108 Å². The summed E-state index contributed by atoms with van der Waals surface area (Å²) in [6, 6.07) is 15.4. The predicted molar refractivity (Wildman–Crippen MR) is 154 cm³/mol. The number of carbonyl (C=O) groups excluding carboxylic acids is 1. The molecule has 0 N–H and O–H groups in total. The molecule has 0 bridgehead atoms. The van der Waals surface area contributed by atoms with Gasteiger partial charge >= 0.3 is 0 Å². The molecule has 0 spiro atoms. The Bertz CT molecular complexity index is 1460. The summed E-state index contributed by atoms with van der Waals surface area (Å²) in [5.74, 6) is 1.28. The molecule has 2 heterocycles. The number of carbonyl (C=O) groups is 1. The van der Waals surface area contributed by atoms with Gasteiger partial charge in [0.2, 0.25) is 21.8 Å². The Kier molecular flexibility index (Phi) is 9.16. The molecule has 4 rings (SSSR count). The number of halogens is 2. The van der Waals surface area contributed by atoms with Crippen LogP contribution < -0.4 is 9.04 Å². The average Bonchev–Trinajstić information content (AvgIpc) is 3.58. The highest BCUT2D eigenvalue weighted by Gasteiger charge is 2.32. The SMILES string of the molecule is COc1cccc(C=O)c1-n1c(-c2ccco2)nnc1N(CCSI)S(=O)(=O)CCc1ccc(Cl)cc1. The molecule has 4 aromatic rings. The number of benzene rings is 2. The van der Waals surface area contributed by atoms with Gasteiger partial charge < -0.3 is 9.15 Å². The number of furan rings is 1. The van der Waals surface area contributed by atoms with E-state index in [1.54, 1.807) is 54.6 Å². The van der Waals surface area contributed by atoms with E-state index in [1.165, 1.54) is 31.2 Å². The molecule has 0 saturated heterocycles. The number of aromatic nitrogens is 3. The predicted octanol–water partition coefficient (Wildman–Crippen LogP) is 5.46. The Morgan fingerprint density at radius 3 is 2.59 bits per heavy atom. The number of hydrogen-bond acceptors (Lipinski definition) is 8. The molecule has 2 aromatic heterocycles. The van der Waals surface area contributed by atoms with Crippen LogP contribution in [0, 0.1) is 0 Å². The van der Waals surface area contributed by atoms with E-state index in [0.717, 1.165) is 5.56 Å². The molecule has 37 heavy (non-hydrogen) atoms. The van der Waals surface area contributed by atoms with Crippen molar-refractivity contribution in [3.8, 4) is 23.0 Å². The second-order valence-corrected chi connectivity index (χ2v) is 12.7. The third-order valence-electron chi connectivity index (χ3n) is 5.48. The molecular weight excluding hydrogens is 651 g/mol. The van der Waals surface area contributed by atoms with Crippen LogP contribution >= 0.6 is 41.7 Å². The van der Waals surface area contributed by atoms with Gasteiger partial charge in [-0.25, -0.2) is 12.7 Å². The Balaban J connectivity index is 1.86. The van der Waals surface area contributed by atoms with E-state index in [4.69, 9.17) is 20.8 Å². The second-order valence-electron chi connectivity index (χ2n) is 7.73. The van der Waals surface area contributed by atoms with Crippen LogP contribution in [0.3, 0.4) is 0 Å². The molecule has 0 radical (unpaired) electrons. The molecule has 13 heteroatoms. The van der Waals surface area contributed by atoms with Crippen LogP contribution in [-0.2, 0) is 16.4 Å². The first-order valence-electron chi connectivity index (χ1n) is 11.0. The monoisotopic (exact) mass is 672 g/mol. The molecule has 0 atom stereocenters. The number of ether oxygens (including phenoxy) is 1. The van der Waals surface area contributed by atoms with Gasteiger partial charge in [-0.3, -0.25) is 9.36 Å². The first-order chi connectivity index (χ1) is 17.9. The van der Waals surface area contributed by atoms with E-state index in [1.807, 2.05) is 0 Å². The van der Waals surface area contributed by atoms with Crippen molar-refractivity contribution in [1.29, 1.82) is 0 Å². The van der Waals surface area contributed by atoms with Crippen molar-refractivity contribution in [2.75, 3.05) is 29.5 Å². The maximum Gasteiger partial charge on any atom is 0.246 e. The number of para-hydroxylation sites is 1. The number of nitrogens with zero attached hydrogens (tertiary/aromatic N) is 4. The minimum absolute atomic E-state index is 0.0283. The van der Waals surface area contributed by atoms with Gasteiger partial charge in [-0.05, 0) is 69.6 Å². The van der Waals surface area contributed by atoms with Crippen molar-refractivity contribution in [1.82, 2.24) is 14.8 Å². The van der Waals surface area contributed by atoms with E-state index in [9.17, 15) is 13.2 Å². The van der Waals surface area contributed by atoms with Gasteiger partial charge in [0.15, 0.2) is 12.0 Å². The number of anilines is 1. The quantitative estimate of drug-likeness (QED) is 0.144. The molecule has 0 amide bonds. The minimum Gasteiger partial charge on any atom is -0.495 e. The molecule has 0 fully saturated rings. The summed E-state index contributed by atoms with van der Waals surface area (Å²) >= 11 is 8.09. The summed E-state index contributed by atoms with van der Waals surface area (Å²) in [7, 11) is -0.940. The Hall–Kier alpha value is -2.55. The normalized spacial score (nSPS) is 11.4. The summed E-state index contributed by atoms with van der Waals surface area (Å²) in [5, 5.41) is 9.14. The van der Waals surface area contributed by atoms with E-state index >= 15 is 0 Å². The molecule has 0 aliphatic rings. The van der Waals surface area contributed by atoms with Gasteiger partial charge in [0.1, 0.15) is 11.4 Å². The third-order valence-corrected chi connectivity index (χ3v) is 9.13. The van der Waals surface area contributed by atoms with Crippen molar-refractivity contribution in [2.24, 2.45) is 0 Å². The van der Waals surface area contributed by atoms with Crippen molar-refractivity contribution in [3.63, 3.8) is 0 Å². The Labute approximate surface area is 235 Å². The Morgan fingerprint density at radius 2 is 1.95 bits per heavy atom. The fourth-order valence-corrected chi connectivity index (χ4v) is 6.27. The summed E-state index contributed by atoms with van der Waals surface area (Å²) in [6.45, 7) is 0.137. The van der Waals surface area contributed by atoms with Crippen LogP contribution in [-0.4, -0.2) is 54.6 Å². The van der Waals surface area contributed by atoms with Crippen LogP contribution in [0.1, 0.15) is 15.9 Å². The number of sulfonamides is 1. The maximum absolute atomic E-state index is 13.7. The first-order valence-corrected chi connectivity index (χ1v) is 16.5. The lowest BCUT2D eigenvalue weighted by Crippen LogP contribution is -2.37. The molecular formula is C24H22ClIN4O5S2. The molecule has 0 aliphatic heterocycles. The average molecular weight is 673 g/mol. The van der Waals surface area contributed by atoms with Crippen molar-refractivity contribution in [2.45, 2.75) is 6.42 Å². The number of hydrogen-bond donors (Lipinski definition) is 0. The van der Waals surface area contributed by atoms with Gasteiger partial charge in [-0.1, -0.05) is 38.7 Å². The van der Waals surface area contributed by atoms with Crippen LogP contribution in [0.15, 0.2) is 65.3 Å². The van der Waals surface area contributed by atoms with Crippen LogP contribution in [0.5, 0.6) is 5.75 Å². The van der Waals surface area contributed by atoms with Gasteiger partial charge in [0, 0.05) is 22.9 Å². The third kappa shape index (κ3) is 6.13. The molecule has 194 valence electrons. The van der Waals surface area contributed by atoms with Gasteiger partial charge in [0.05, 0.1) is 19.1 Å². The second kappa shape index (κ2) is 12.3.